The third kappa shape index (κ3) is 4.82. The van der Waals surface area contributed by atoms with E-state index in [9.17, 15) is 0 Å². The third-order valence-electron chi connectivity index (χ3n) is 4.44. The Kier molecular flexibility index (Phi) is 5.73. The summed E-state index contributed by atoms with van der Waals surface area (Å²) in [5.74, 6) is 2.98. The van der Waals surface area contributed by atoms with Crippen LogP contribution in [0.5, 0.6) is 0 Å². The van der Waals surface area contributed by atoms with Crippen LogP contribution in [0.3, 0.4) is 0 Å². The van der Waals surface area contributed by atoms with E-state index in [1.54, 1.807) is 11.8 Å². The molecule has 1 fully saturated rings. The highest BCUT2D eigenvalue weighted by atomic mass is 32.2. The monoisotopic (exact) mass is 331 g/mol. The van der Waals surface area contributed by atoms with Crippen molar-refractivity contribution in [3.05, 3.63) is 41.8 Å². The van der Waals surface area contributed by atoms with Gasteiger partial charge in [-0.05, 0) is 30.4 Å². The van der Waals surface area contributed by atoms with Gasteiger partial charge in [-0.15, -0.1) is 10.2 Å². The summed E-state index contributed by atoms with van der Waals surface area (Å²) in [6.45, 7) is 8.08. The molecule has 0 aliphatic carbocycles. The summed E-state index contributed by atoms with van der Waals surface area (Å²) >= 11 is 1.67. The van der Waals surface area contributed by atoms with Crippen LogP contribution in [0.15, 0.2) is 40.0 Å². The van der Waals surface area contributed by atoms with Crippen molar-refractivity contribution >= 4 is 11.8 Å². The first kappa shape index (κ1) is 16.5. The Balaban J connectivity index is 1.44. The average Bonchev–Trinajstić information content (AvgIpc) is 3.17. The summed E-state index contributed by atoms with van der Waals surface area (Å²) in [5, 5.41) is 9.06. The van der Waals surface area contributed by atoms with Crippen molar-refractivity contribution in [1.29, 1.82) is 0 Å². The predicted octanol–water partition coefficient (Wildman–Crippen LogP) is 3.85. The maximum Gasteiger partial charge on any atom is 0.276 e. The van der Waals surface area contributed by atoms with Crippen LogP contribution in [0.1, 0.15) is 37.6 Å². The van der Waals surface area contributed by atoms with Crippen molar-refractivity contribution in [3.8, 4) is 0 Å². The van der Waals surface area contributed by atoms with Gasteiger partial charge in [0.05, 0.1) is 0 Å². The van der Waals surface area contributed by atoms with Gasteiger partial charge in [0.25, 0.3) is 5.22 Å². The highest BCUT2D eigenvalue weighted by Gasteiger charge is 2.18. The minimum absolute atomic E-state index is 0.389. The second-order valence-corrected chi connectivity index (χ2v) is 7.57. The van der Waals surface area contributed by atoms with Crippen molar-refractivity contribution in [3.63, 3.8) is 0 Å². The van der Waals surface area contributed by atoms with Gasteiger partial charge in [0.15, 0.2) is 0 Å². The van der Waals surface area contributed by atoms with Crippen LogP contribution in [0.25, 0.3) is 0 Å². The maximum absolute atomic E-state index is 5.78. The first-order chi connectivity index (χ1) is 11.2. The number of nitrogens with zero attached hydrogens (tertiary/aromatic N) is 3. The van der Waals surface area contributed by atoms with E-state index in [1.807, 2.05) is 6.07 Å². The fraction of sp³-hybridized carbons (Fsp3) is 0.556. The van der Waals surface area contributed by atoms with Gasteiger partial charge in [0.1, 0.15) is 0 Å². The summed E-state index contributed by atoms with van der Waals surface area (Å²) in [6.07, 6.45) is 2.12. The molecule has 3 rings (SSSR count). The molecule has 1 aromatic heterocycles. The lowest BCUT2D eigenvalue weighted by atomic mass is 9.98. The number of hydrogen-bond donors (Lipinski definition) is 0. The molecule has 23 heavy (non-hydrogen) atoms. The predicted molar refractivity (Wildman–Crippen MR) is 93.8 cm³/mol. The van der Waals surface area contributed by atoms with E-state index in [0.717, 1.165) is 30.5 Å². The van der Waals surface area contributed by atoms with Crippen molar-refractivity contribution < 1.29 is 4.42 Å². The fourth-order valence-electron chi connectivity index (χ4n) is 3.03. The second kappa shape index (κ2) is 7.97. The smallest absolute Gasteiger partial charge is 0.276 e. The number of likely N-dealkylation sites (tertiary alicyclic amines) is 1. The van der Waals surface area contributed by atoms with E-state index in [4.69, 9.17) is 4.42 Å². The van der Waals surface area contributed by atoms with Crippen LogP contribution in [0.2, 0.25) is 0 Å². The zero-order valence-corrected chi connectivity index (χ0v) is 14.8. The Morgan fingerprint density at radius 2 is 2.13 bits per heavy atom. The zero-order chi connectivity index (χ0) is 16.1. The molecule has 0 spiro atoms. The largest absolute Gasteiger partial charge is 0.416 e. The lowest BCUT2D eigenvalue weighted by Gasteiger charge is -2.13. The van der Waals surface area contributed by atoms with Gasteiger partial charge < -0.3 is 9.32 Å². The Morgan fingerprint density at radius 1 is 1.30 bits per heavy atom. The molecule has 0 radical (unpaired) electrons. The number of hydrogen-bond acceptors (Lipinski definition) is 5. The Labute approximate surface area is 142 Å². The molecule has 2 aromatic rings. The maximum atomic E-state index is 5.78. The van der Waals surface area contributed by atoms with Gasteiger partial charge in [-0.2, -0.15) is 0 Å². The van der Waals surface area contributed by atoms with Gasteiger partial charge in [0, 0.05) is 25.3 Å². The zero-order valence-electron chi connectivity index (χ0n) is 13.9. The van der Waals surface area contributed by atoms with Crippen molar-refractivity contribution in [1.82, 2.24) is 15.1 Å². The molecule has 0 saturated carbocycles. The second-order valence-electron chi connectivity index (χ2n) is 6.52. The molecule has 1 aliphatic heterocycles. The molecule has 5 heteroatoms. The quantitative estimate of drug-likeness (QED) is 0.721. The lowest BCUT2D eigenvalue weighted by Crippen LogP contribution is -2.22. The van der Waals surface area contributed by atoms with Crippen molar-refractivity contribution in [2.45, 2.75) is 37.8 Å². The average molecular weight is 331 g/mol. The summed E-state index contributed by atoms with van der Waals surface area (Å²) in [5.41, 5.74) is 1.31. The minimum Gasteiger partial charge on any atom is -0.416 e. The Hall–Kier alpha value is -1.33. The van der Waals surface area contributed by atoms with Gasteiger partial charge >= 0.3 is 0 Å². The van der Waals surface area contributed by atoms with Crippen LogP contribution in [0.4, 0.5) is 0 Å². The molecule has 1 aliphatic rings. The minimum atomic E-state index is 0.389. The highest BCUT2D eigenvalue weighted by molar-refractivity contribution is 7.99. The Bertz CT molecular complexity index is 601. The molecule has 0 N–H and O–H groups in total. The molecule has 0 unspecified atom stereocenters. The van der Waals surface area contributed by atoms with Gasteiger partial charge in [-0.3, -0.25) is 0 Å². The normalized spacial score (nSPS) is 20.0. The summed E-state index contributed by atoms with van der Waals surface area (Å²) < 4.78 is 5.78. The van der Waals surface area contributed by atoms with E-state index >= 15 is 0 Å². The molecule has 1 saturated heterocycles. The number of aromatic nitrogens is 2. The van der Waals surface area contributed by atoms with E-state index in [2.05, 4.69) is 53.2 Å². The molecule has 2 atom stereocenters. The molecule has 124 valence electrons. The van der Waals surface area contributed by atoms with Crippen LogP contribution in [0, 0.1) is 5.92 Å². The molecule has 0 bridgehead atoms. The standard InChI is InChI=1S/C18H25N3OS/c1-14-8-9-21(13-14)10-11-23-18-20-19-17(22-18)12-15(2)16-6-4-3-5-7-16/h3-7,14-15H,8-13H2,1-2H3/t14-,15+/m1/s1. The van der Waals surface area contributed by atoms with E-state index in [1.165, 1.54) is 25.1 Å². The summed E-state index contributed by atoms with van der Waals surface area (Å²) in [6, 6.07) is 10.5. The van der Waals surface area contributed by atoms with Crippen LogP contribution in [-0.2, 0) is 6.42 Å². The van der Waals surface area contributed by atoms with Gasteiger partial charge in [-0.1, -0.05) is 55.9 Å². The fourth-order valence-corrected chi connectivity index (χ4v) is 3.81. The number of benzene rings is 1. The van der Waals surface area contributed by atoms with Gasteiger partial charge in [-0.25, -0.2) is 0 Å². The molecule has 2 heterocycles. The lowest BCUT2D eigenvalue weighted by molar-refractivity contribution is 0.348. The van der Waals surface area contributed by atoms with Gasteiger partial charge in [0.2, 0.25) is 5.89 Å². The first-order valence-corrected chi connectivity index (χ1v) is 9.41. The van der Waals surface area contributed by atoms with Crippen molar-refractivity contribution in [2.75, 3.05) is 25.4 Å². The van der Waals surface area contributed by atoms with Crippen LogP contribution < -0.4 is 0 Å². The van der Waals surface area contributed by atoms with E-state index in [0.29, 0.717) is 11.1 Å². The molecular formula is C18H25N3OS. The highest BCUT2D eigenvalue weighted by Crippen LogP contribution is 2.23. The number of thioether (sulfide) groups is 1. The number of rotatable bonds is 7. The van der Waals surface area contributed by atoms with Crippen LogP contribution >= 0.6 is 11.8 Å². The molecule has 1 aromatic carbocycles. The molecule has 0 amide bonds. The molecular weight excluding hydrogens is 306 g/mol. The van der Waals surface area contributed by atoms with E-state index in [-0.39, 0.29) is 0 Å². The molecule has 4 nitrogen and oxygen atoms in total. The SMILES string of the molecule is C[C@@H]1CCN(CCSc2nnc(C[C@H](C)c3ccccc3)o2)C1. The topological polar surface area (TPSA) is 42.2 Å². The summed E-state index contributed by atoms with van der Waals surface area (Å²) in [7, 11) is 0. The Morgan fingerprint density at radius 3 is 2.87 bits per heavy atom. The van der Waals surface area contributed by atoms with Crippen LogP contribution in [-0.4, -0.2) is 40.5 Å². The van der Waals surface area contributed by atoms with Crippen molar-refractivity contribution in [2.24, 2.45) is 5.92 Å². The van der Waals surface area contributed by atoms with E-state index < -0.39 is 0 Å². The first-order valence-electron chi connectivity index (χ1n) is 8.43. The summed E-state index contributed by atoms with van der Waals surface area (Å²) in [4.78, 5) is 2.52. The third-order valence-corrected chi connectivity index (χ3v) is 5.24.